The molecule has 0 saturated carbocycles. The Hall–Kier alpha value is -2.41. The van der Waals surface area contributed by atoms with Crippen LogP contribution < -0.4 is 18.5 Å². The number of fused-ring (bicyclic) bond motifs is 1. The number of aryl methyl sites for hydroxylation is 1. The minimum absolute atomic E-state index is 0.137. The average molecular weight is 349 g/mol. The Balaban J connectivity index is 2.03. The molecule has 0 N–H and O–H groups in total. The van der Waals surface area contributed by atoms with Crippen molar-refractivity contribution in [2.45, 2.75) is 11.8 Å². The quantitative estimate of drug-likeness (QED) is 0.849. The summed E-state index contributed by atoms with van der Waals surface area (Å²) in [7, 11) is -0.741. The maximum absolute atomic E-state index is 13.0. The van der Waals surface area contributed by atoms with E-state index < -0.39 is 10.0 Å². The van der Waals surface area contributed by atoms with Crippen molar-refractivity contribution in [2.75, 3.05) is 31.7 Å². The zero-order chi connectivity index (χ0) is 17.3. The van der Waals surface area contributed by atoms with Crippen molar-refractivity contribution < 1.29 is 22.6 Å². The smallest absolute Gasteiger partial charge is 0.264 e. The number of rotatable bonds is 4. The second-order valence-electron chi connectivity index (χ2n) is 5.45. The number of nitrogens with zero attached hydrogens (tertiary/aromatic N) is 1. The maximum Gasteiger partial charge on any atom is 0.264 e. The van der Waals surface area contributed by atoms with E-state index >= 15 is 0 Å². The number of ether oxygens (including phenoxy) is 3. The minimum atomic E-state index is -3.76. The van der Waals surface area contributed by atoms with E-state index in [1.165, 1.54) is 30.6 Å². The van der Waals surface area contributed by atoms with Crippen LogP contribution >= 0.6 is 0 Å². The molecule has 0 radical (unpaired) electrons. The fraction of sp³-hybridized carbons (Fsp3) is 0.294. The number of methoxy groups -OCH3 is 1. The zero-order valence-electron chi connectivity index (χ0n) is 13.8. The number of hydrogen-bond donors (Lipinski definition) is 0. The van der Waals surface area contributed by atoms with Gasteiger partial charge in [-0.25, -0.2) is 8.42 Å². The van der Waals surface area contributed by atoms with Crippen molar-refractivity contribution in [1.82, 2.24) is 0 Å². The Kier molecular flexibility index (Phi) is 4.28. The minimum Gasteiger partial charge on any atom is -0.495 e. The second-order valence-corrected chi connectivity index (χ2v) is 7.42. The molecule has 0 aromatic heterocycles. The first-order valence-corrected chi connectivity index (χ1v) is 8.90. The maximum atomic E-state index is 13.0. The molecule has 2 aromatic rings. The highest BCUT2D eigenvalue weighted by Crippen LogP contribution is 2.36. The largest absolute Gasteiger partial charge is 0.495 e. The number of sulfonamides is 1. The van der Waals surface area contributed by atoms with Crippen LogP contribution in [0.1, 0.15) is 5.56 Å². The van der Waals surface area contributed by atoms with Gasteiger partial charge in [0.1, 0.15) is 19.0 Å². The predicted octanol–water partition coefficient (Wildman–Crippen LogP) is 2.60. The molecule has 0 unspecified atom stereocenters. The summed E-state index contributed by atoms with van der Waals surface area (Å²) in [6.45, 7) is 2.75. The Labute approximate surface area is 141 Å². The molecule has 128 valence electrons. The molecule has 0 atom stereocenters. The average Bonchev–Trinajstić information content (AvgIpc) is 2.60. The Bertz CT molecular complexity index is 863. The molecule has 0 saturated heterocycles. The number of anilines is 1. The second kappa shape index (κ2) is 6.24. The van der Waals surface area contributed by atoms with Gasteiger partial charge in [-0.1, -0.05) is 6.07 Å². The van der Waals surface area contributed by atoms with Crippen LogP contribution in [0.5, 0.6) is 17.2 Å². The van der Waals surface area contributed by atoms with Crippen LogP contribution in [0.4, 0.5) is 5.69 Å². The van der Waals surface area contributed by atoms with Gasteiger partial charge >= 0.3 is 0 Å². The standard InChI is InChI=1S/C17H19NO5S/c1-12-4-6-15(21-3)14(10-12)18(2)24(19,20)13-5-7-16-17(11-13)23-9-8-22-16/h4-7,10-11H,8-9H2,1-3H3. The van der Waals surface area contributed by atoms with E-state index in [1.54, 1.807) is 18.2 Å². The normalized spacial score (nSPS) is 13.5. The van der Waals surface area contributed by atoms with E-state index in [9.17, 15) is 8.42 Å². The monoisotopic (exact) mass is 349 g/mol. The van der Waals surface area contributed by atoms with Crippen LogP contribution in [-0.2, 0) is 10.0 Å². The third kappa shape index (κ3) is 2.87. The fourth-order valence-electron chi connectivity index (χ4n) is 2.52. The van der Waals surface area contributed by atoms with E-state index in [-0.39, 0.29) is 4.90 Å². The molecule has 2 aromatic carbocycles. The van der Waals surface area contributed by atoms with Crippen LogP contribution in [0.2, 0.25) is 0 Å². The highest BCUT2D eigenvalue weighted by atomic mass is 32.2. The zero-order valence-corrected chi connectivity index (χ0v) is 14.6. The molecule has 6 nitrogen and oxygen atoms in total. The third-order valence-electron chi connectivity index (χ3n) is 3.85. The van der Waals surface area contributed by atoms with Crippen molar-refractivity contribution in [3.05, 3.63) is 42.0 Å². The first-order valence-electron chi connectivity index (χ1n) is 7.46. The van der Waals surface area contributed by atoms with Crippen molar-refractivity contribution in [3.8, 4) is 17.2 Å². The summed E-state index contributed by atoms with van der Waals surface area (Å²) in [5, 5.41) is 0. The lowest BCUT2D eigenvalue weighted by atomic mass is 10.2. The van der Waals surface area contributed by atoms with Gasteiger partial charge in [-0.2, -0.15) is 0 Å². The highest BCUT2D eigenvalue weighted by Gasteiger charge is 2.26. The van der Waals surface area contributed by atoms with E-state index in [2.05, 4.69) is 0 Å². The van der Waals surface area contributed by atoms with E-state index in [1.807, 2.05) is 13.0 Å². The van der Waals surface area contributed by atoms with Crippen LogP contribution in [-0.4, -0.2) is 35.8 Å². The molecule has 1 heterocycles. The predicted molar refractivity (Wildman–Crippen MR) is 90.8 cm³/mol. The number of hydrogen-bond acceptors (Lipinski definition) is 5. The van der Waals surface area contributed by atoms with E-state index in [4.69, 9.17) is 14.2 Å². The lowest BCUT2D eigenvalue weighted by molar-refractivity contribution is 0.171. The van der Waals surface area contributed by atoms with Gasteiger partial charge in [-0.15, -0.1) is 0 Å². The van der Waals surface area contributed by atoms with Gasteiger partial charge < -0.3 is 14.2 Å². The first-order chi connectivity index (χ1) is 11.4. The SMILES string of the molecule is COc1ccc(C)cc1N(C)S(=O)(=O)c1ccc2c(c1)OCCO2. The summed E-state index contributed by atoms with van der Waals surface area (Å²) in [5.41, 5.74) is 1.42. The molecular weight excluding hydrogens is 330 g/mol. The molecule has 0 amide bonds. The van der Waals surface area contributed by atoms with Crippen LogP contribution in [0.25, 0.3) is 0 Å². The van der Waals surface area contributed by atoms with Crippen LogP contribution in [0.15, 0.2) is 41.3 Å². The van der Waals surface area contributed by atoms with Crippen molar-refractivity contribution in [2.24, 2.45) is 0 Å². The Morgan fingerprint density at radius 1 is 1.04 bits per heavy atom. The van der Waals surface area contributed by atoms with Gasteiger partial charge in [0.25, 0.3) is 10.0 Å². The molecule has 1 aliphatic heterocycles. The molecule has 7 heteroatoms. The van der Waals surface area contributed by atoms with Gasteiger partial charge in [-0.05, 0) is 36.8 Å². The van der Waals surface area contributed by atoms with Crippen molar-refractivity contribution in [1.29, 1.82) is 0 Å². The van der Waals surface area contributed by atoms with Crippen molar-refractivity contribution >= 4 is 15.7 Å². The lowest BCUT2D eigenvalue weighted by Crippen LogP contribution is -2.27. The Morgan fingerprint density at radius 2 is 1.75 bits per heavy atom. The van der Waals surface area contributed by atoms with E-state index in [0.29, 0.717) is 36.1 Å². The summed E-state index contributed by atoms with van der Waals surface area (Å²) in [5.74, 6) is 1.48. The third-order valence-corrected chi connectivity index (χ3v) is 5.61. The fourth-order valence-corrected chi connectivity index (χ4v) is 3.73. The van der Waals surface area contributed by atoms with Crippen molar-refractivity contribution in [3.63, 3.8) is 0 Å². The molecule has 0 fully saturated rings. The summed E-state index contributed by atoms with van der Waals surface area (Å²) in [6, 6.07) is 10.0. The first kappa shape index (κ1) is 16.4. The Morgan fingerprint density at radius 3 is 2.46 bits per heavy atom. The summed E-state index contributed by atoms with van der Waals surface area (Å²) >= 11 is 0. The summed E-state index contributed by atoms with van der Waals surface area (Å²) < 4.78 is 43.4. The lowest BCUT2D eigenvalue weighted by Gasteiger charge is -2.23. The molecule has 1 aliphatic rings. The summed E-state index contributed by atoms with van der Waals surface area (Å²) in [6.07, 6.45) is 0. The van der Waals surface area contributed by atoms with Gasteiger partial charge in [0, 0.05) is 13.1 Å². The molecule has 24 heavy (non-hydrogen) atoms. The molecule has 0 bridgehead atoms. The number of benzene rings is 2. The van der Waals surface area contributed by atoms with Gasteiger partial charge in [0.2, 0.25) is 0 Å². The molecule has 0 spiro atoms. The van der Waals surface area contributed by atoms with Gasteiger partial charge in [-0.3, -0.25) is 4.31 Å². The van der Waals surface area contributed by atoms with Gasteiger partial charge in [0.05, 0.1) is 17.7 Å². The summed E-state index contributed by atoms with van der Waals surface area (Å²) in [4.78, 5) is 0.137. The van der Waals surface area contributed by atoms with Crippen LogP contribution in [0, 0.1) is 6.92 Å². The topological polar surface area (TPSA) is 65.1 Å². The van der Waals surface area contributed by atoms with E-state index in [0.717, 1.165) is 5.56 Å². The highest BCUT2D eigenvalue weighted by molar-refractivity contribution is 7.92. The van der Waals surface area contributed by atoms with Crippen LogP contribution in [0.3, 0.4) is 0 Å². The molecule has 0 aliphatic carbocycles. The molecular formula is C17H19NO5S. The van der Waals surface area contributed by atoms with Gasteiger partial charge in [0.15, 0.2) is 11.5 Å². The molecule has 3 rings (SSSR count).